The second-order valence-electron chi connectivity index (χ2n) is 6.25. The Hall–Kier alpha value is -2.36. The van der Waals surface area contributed by atoms with Crippen LogP contribution in [-0.4, -0.2) is 34.4 Å². The number of carbonyl (C=O) groups is 2. The van der Waals surface area contributed by atoms with Gasteiger partial charge in [0.1, 0.15) is 4.32 Å². The summed E-state index contributed by atoms with van der Waals surface area (Å²) in [5.41, 5.74) is 1.51. The summed E-state index contributed by atoms with van der Waals surface area (Å²) < 4.78 is 11.9. The van der Waals surface area contributed by atoms with Crippen molar-refractivity contribution in [2.45, 2.75) is 6.42 Å². The maximum atomic E-state index is 12.7. The van der Waals surface area contributed by atoms with Gasteiger partial charge in [0.25, 0.3) is 5.91 Å². The van der Waals surface area contributed by atoms with E-state index in [4.69, 9.17) is 21.7 Å². The highest BCUT2D eigenvalue weighted by Gasteiger charge is 2.32. The fourth-order valence-electron chi connectivity index (χ4n) is 2.85. The second kappa shape index (κ2) is 8.56. The third kappa shape index (κ3) is 4.63. The van der Waals surface area contributed by atoms with E-state index >= 15 is 0 Å². The molecule has 0 unspecified atom stereocenters. The first kappa shape index (κ1) is 19.9. The highest BCUT2D eigenvalue weighted by atomic mass is 79.9. The lowest BCUT2D eigenvalue weighted by molar-refractivity contribution is -0.122. The van der Waals surface area contributed by atoms with Crippen molar-refractivity contribution in [2.24, 2.45) is 0 Å². The van der Waals surface area contributed by atoms with Gasteiger partial charge in [-0.1, -0.05) is 52.0 Å². The molecule has 6 nitrogen and oxygen atoms in total. The number of carbonyl (C=O) groups excluding carboxylic acids is 2. The van der Waals surface area contributed by atoms with Crippen LogP contribution in [0.1, 0.15) is 12.0 Å². The van der Waals surface area contributed by atoms with Crippen molar-refractivity contribution in [3.8, 4) is 11.5 Å². The molecule has 2 heterocycles. The molecule has 2 amide bonds. The predicted octanol–water partition coefficient (Wildman–Crippen LogP) is 4.41. The van der Waals surface area contributed by atoms with Crippen molar-refractivity contribution in [1.29, 1.82) is 0 Å². The van der Waals surface area contributed by atoms with Crippen LogP contribution in [0.3, 0.4) is 0 Å². The maximum Gasteiger partial charge on any atom is 0.266 e. The van der Waals surface area contributed by atoms with Crippen LogP contribution >= 0.6 is 39.9 Å². The number of thiocarbonyl (C=S) groups is 1. The van der Waals surface area contributed by atoms with Gasteiger partial charge in [-0.3, -0.25) is 14.5 Å². The number of nitrogens with zero attached hydrogens (tertiary/aromatic N) is 1. The van der Waals surface area contributed by atoms with Gasteiger partial charge in [0.2, 0.25) is 12.7 Å². The molecule has 1 fully saturated rings. The zero-order chi connectivity index (χ0) is 20.4. The minimum Gasteiger partial charge on any atom is -0.454 e. The topological polar surface area (TPSA) is 67.9 Å². The third-order valence-electron chi connectivity index (χ3n) is 4.24. The number of benzene rings is 2. The Kier molecular flexibility index (Phi) is 5.89. The minimum atomic E-state index is -0.214. The lowest BCUT2D eigenvalue weighted by Crippen LogP contribution is -2.31. The summed E-state index contributed by atoms with van der Waals surface area (Å²) in [5, 5.41) is 2.80. The van der Waals surface area contributed by atoms with Crippen LogP contribution in [0.4, 0.5) is 5.69 Å². The van der Waals surface area contributed by atoms with Gasteiger partial charge in [-0.25, -0.2) is 0 Å². The maximum absolute atomic E-state index is 12.7. The molecule has 0 bridgehead atoms. The van der Waals surface area contributed by atoms with Gasteiger partial charge < -0.3 is 14.8 Å². The van der Waals surface area contributed by atoms with Gasteiger partial charge in [0, 0.05) is 29.2 Å². The van der Waals surface area contributed by atoms with Crippen molar-refractivity contribution in [2.75, 3.05) is 18.7 Å². The van der Waals surface area contributed by atoms with Crippen molar-refractivity contribution >= 4 is 67.8 Å². The van der Waals surface area contributed by atoms with E-state index in [9.17, 15) is 9.59 Å². The largest absolute Gasteiger partial charge is 0.454 e. The van der Waals surface area contributed by atoms with Crippen LogP contribution in [0.5, 0.6) is 11.5 Å². The SMILES string of the molecule is O=C(CCN1C(=O)C(=Cc2cccc(Br)c2)SC1=S)Nc1ccc2c(c1)OCO2. The summed E-state index contributed by atoms with van der Waals surface area (Å²) in [6.45, 7) is 0.394. The smallest absolute Gasteiger partial charge is 0.266 e. The van der Waals surface area contributed by atoms with Crippen LogP contribution < -0.4 is 14.8 Å². The van der Waals surface area contributed by atoms with E-state index in [2.05, 4.69) is 21.2 Å². The normalized spacial score (nSPS) is 16.6. The summed E-state index contributed by atoms with van der Waals surface area (Å²) in [7, 11) is 0. The van der Waals surface area contributed by atoms with E-state index in [-0.39, 0.29) is 31.6 Å². The monoisotopic (exact) mass is 490 g/mol. The molecule has 0 aromatic heterocycles. The molecule has 0 saturated carbocycles. The second-order valence-corrected chi connectivity index (χ2v) is 8.85. The number of amides is 2. The molecule has 2 aliphatic heterocycles. The number of anilines is 1. The van der Waals surface area contributed by atoms with E-state index in [1.54, 1.807) is 24.3 Å². The van der Waals surface area contributed by atoms with E-state index in [1.165, 1.54) is 16.7 Å². The number of rotatable bonds is 5. The van der Waals surface area contributed by atoms with E-state index in [0.717, 1.165) is 10.0 Å². The van der Waals surface area contributed by atoms with Gasteiger partial charge in [-0.2, -0.15) is 0 Å². The molecule has 4 rings (SSSR count). The fraction of sp³-hybridized carbons (Fsp3) is 0.150. The summed E-state index contributed by atoms with van der Waals surface area (Å²) >= 11 is 9.99. The lowest BCUT2D eigenvalue weighted by atomic mass is 10.2. The third-order valence-corrected chi connectivity index (χ3v) is 6.11. The first-order chi connectivity index (χ1) is 14.0. The number of fused-ring (bicyclic) bond motifs is 1. The zero-order valence-corrected chi connectivity index (χ0v) is 18.2. The predicted molar refractivity (Wildman–Crippen MR) is 120 cm³/mol. The number of hydrogen-bond acceptors (Lipinski definition) is 6. The highest BCUT2D eigenvalue weighted by Crippen LogP contribution is 2.35. The molecule has 29 heavy (non-hydrogen) atoms. The van der Waals surface area contributed by atoms with Crippen LogP contribution in [-0.2, 0) is 9.59 Å². The average molecular weight is 491 g/mol. The molecule has 2 aromatic carbocycles. The Labute approximate surface area is 185 Å². The van der Waals surface area contributed by atoms with Crippen molar-refractivity contribution in [1.82, 2.24) is 4.90 Å². The standard InChI is InChI=1S/C20H15BrN2O4S2/c21-13-3-1-2-12(8-13)9-17-19(25)23(20(28)29-17)7-6-18(24)22-14-4-5-15-16(10-14)27-11-26-15/h1-5,8-10H,6-7,11H2,(H,22,24). The average Bonchev–Trinajstić information content (AvgIpc) is 3.24. The molecule has 2 aromatic rings. The van der Waals surface area contributed by atoms with Crippen molar-refractivity contribution in [3.63, 3.8) is 0 Å². The Morgan fingerprint density at radius 2 is 2.07 bits per heavy atom. The first-order valence-corrected chi connectivity index (χ1v) is 10.7. The summed E-state index contributed by atoms with van der Waals surface area (Å²) in [5.74, 6) is 0.847. The van der Waals surface area contributed by atoms with E-state index in [0.29, 0.717) is 26.4 Å². The Bertz CT molecular complexity index is 1040. The molecule has 1 saturated heterocycles. The molecule has 0 aliphatic carbocycles. The Balaban J connectivity index is 1.36. The van der Waals surface area contributed by atoms with E-state index in [1.807, 2.05) is 24.3 Å². The Morgan fingerprint density at radius 1 is 1.24 bits per heavy atom. The van der Waals surface area contributed by atoms with Crippen LogP contribution in [0.15, 0.2) is 51.8 Å². The van der Waals surface area contributed by atoms with Crippen LogP contribution in [0.2, 0.25) is 0 Å². The summed E-state index contributed by atoms with van der Waals surface area (Å²) in [6, 6.07) is 12.8. The molecule has 2 aliphatic rings. The molecular formula is C20H15BrN2O4S2. The lowest BCUT2D eigenvalue weighted by Gasteiger charge is -2.14. The van der Waals surface area contributed by atoms with Gasteiger partial charge in [0.05, 0.1) is 4.91 Å². The van der Waals surface area contributed by atoms with Gasteiger partial charge in [-0.05, 0) is 35.9 Å². The summed E-state index contributed by atoms with van der Waals surface area (Å²) in [6.07, 6.45) is 1.93. The first-order valence-electron chi connectivity index (χ1n) is 8.70. The Morgan fingerprint density at radius 3 is 2.90 bits per heavy atom. The molecular weight excluding hydrogens is 476 g/mol. The van der Waals surface area contributed by atoms with Gasteiger partial charge >= 0.3 is 0 Å². The van der Waals surface area contributed by atoms with Gasteiger partial charge in [0.15, 0.2) is 11.5 Å². The molecule has 148 valence electrons. The van der Waals surface area contributed by atoms with Crippen molar-refractivity contribution in [3.05, 3.63) is 57.4 Å². The molecule has 0 atom stereocenters. The number of hydrogen-bond donors (Lipinski definition) is 1. The number of halogens is 1. The number of nitrogens with one attached hydrogen (secondary N) is 1. The van der Waals surface area contributed by atoms with Crippen molar-refractivity contribution < 1.29 is 19.1 Å². The molecule has 0 radical (unpaired) electrons. The summed E-state index contributed by atoms with van der Waals surface area (Å²) in [4.78, 5) is 27.0. The zero-order valence-electron chi connectivity index (χ0n) is 15.0. The minimum absolute atomic E-state index is 0.130. The number of ether oxygens (including phenoxy) is 2. The van der Waals surface area contributed by atoms with Crippen LogP contribution in [0, 0.1) is 0 Å². The van der Waals surface area contributed by atoms with E-state index < -0.39 is 0 Å². The quantitative estimate of drug-likeness (QED) is 0.494. The fourth-order valence-corrected chi connectivity index (χ4v) is 4.58. The molecule has 9 heteroatoms. The highest BCUT2D eigenvalue weighted by molar-refractivity contribution is 9.10. The molecule has 1 N–H and O–H groups in total. The number of thioether (sulfide) groups is 1. The van der Waals surface area contributed by atoms with Gasteiger partial charge in [-0.15, -0.1) is 0 Å². The van der Waals surface area contributed by atoms with Crippen LogP contribution in [0.25, 0.3) is 6.08 Å². The molecule has 0 spiro atoms.